The number of piperazine rings is 1. The number of hydrogen-bond donors (Lipinski definition) is 0. The van der Waals surface area contributed by atoms with Crippen LogP contribution in [-0.2, 0) is 0 Å². The summed E-state index contributed by atoms with van der Waals surface area (Å²) in [5.74, 6) is 0. The second-order valence-corrected chi connectivity index (χ2v) is 6.39. The van der Waals surface area contributed by atoms with Gasteiger partial charge in [0.05, 0.1) is 0 Å². The van der Waals surface area contributed by atoms with Crippen LogP contribution >= 0.6 is 0 Å². The van der Waals surface area contributed by atoms with Crippen molar-refractivity contribution in [2.75, 3.05) is 51.2 Å². The first-order valence-corrected chi connectivity index (χ1v) is 9.96. The lowest BCUT2D eigenvalue weighted by molar-refractivity contribution is 0.0982. The van der Waals surface area contributed by atoms with Gasteiger partial charge in [-0.2, -0.15) is 0 Å². The predicted molar refractivity (Wildman–Crippen MR) is 108 cm³/mol. The zero-order valence-electron chi connectivity index (χ0n) is 16.9. The van der Waals surface area contributed by atoms with Crippen LogP contribution in [0.1, 0.15) is 46.1 Å². The van der Waals surface area contributed by atoms with Gasteiger partial charge in [-0.05, 0) is 38.9 Å². The minimum absolute atomic E-state index is 0.811. The van der Waals surface area contributed by atoms with E-state index < -0.39 is 0 Å². The highest BCUT2D eigenvalue weighted by atomic mass is 15.3. The first kappa shape index (κ1) is 21.0. The number of rotatable bonds is 2. The molecular weight excluding hydrogens is 294 g/mol. The number of likely N-dealkylation sites (N-methyl/N-ethyl adjacent to an activating group) is 1. The summed E-state index contributed by atoms with van der Waals surface area (Å²) in [5, 5.41) is 0. The standard InChI is InChI=1S/C17H27N3.2C2H6/c1-15-3-5-16(6-4-15)19-9-7-17(8-10-19)20-13-11-18(2)12-14-20;2*1-2/h3-6,17H,7-14H2,1-2H3;2*1-2H3. The van der Waals surface area contributed by atoms with Gasteiger partial charge in [0.1, 0.15) is 0 Å². The first-order chi connectivity index (χ1) is 11.7. The number of hydrogen-bond acceptors (Lipinski definition) is 3. The van der Waals surface area contributed by atoms with E-state index >= 15 is 0 Å². The number of benzene rings is 1. The third-order valence-corrected chi connectivity index (χ3v) is 4.92. The van der Waals surface area contributed by atoms with Gasteiger partial charge in [-0.25, -0.2) is 0 Å². The molecule has 0 bridgehead atoms. The van der Waals surface area contributed by atoms with E-state index in [1.807, 2.05) is 27.7 Å². The van der Waals surface area contributed by atoms with Crippen LogP contribution < -0.4 is 4.90 Å². The van der Waals surface area contributed by atoms with Gasteiger partial charge >= 0.3 is 0 Å². The maximum atomic E-state index is 2.71. The van der Waals surface area contributed by atoms with Gasteiger partial charge in [0.15, 0.2) is 0 Å². The Kier molecular flexibility index (Phi) is 10.0. The van der Waals surface area contributed by atoms with Gasteiger partial charge in [-0.15, -0.1) is 0 Å². The molecule has 0 saturated carbocycles. The summed E-state index contributed by atoms with van der Waals surface area (Å²) in [5.41, 5.74) is 2.74. The molecule has 0 aromatic heterocycles. The van der Waals surface area contributed by atoms with Gasteiger partial charge < -0.3 is 9.80 Å². The molecule has 2 fully saturated rings. The van der Waals surface area contributed by atoms with Crippen molar-refractivity contribution in [3.8, 4) is 0 Å². The molecule has 0 unspecified atom stereocenters. The second-order valence-electron chi connectivity index (χ2n) is 6.39. The molecule has 0 radical (unpaired) electrons. The minimum atomic E-state index is 0.811. The zero-order chi connectivity index (χ0) is 17.9. The van der Waals surface area contributed by atoms with Gasteiger partial charge in [0.25, 0.3) is 0 Å². The second kappa shape index (κ2) is 11.5. The lowest BCUT2D eigenvalue weighted by Crippen LogP contribution is -2.52. The fourth-order valence-electron chi connectivity index (χ4n) is 3.43. The molecule has 0 spiro atoms. The van der Waals surface area contributed by atoms with Crippen LogP contribution in [-0.4, -0.2) is 62.2 Å². The van der Waals surface area contributed by atoms with Crippen LogP contribution in [0.25, 0.3) is 0 Å². The van der Waals surface area contributed by atoms with Gasteiger partial charge in [-0.1, -0.05) is 45.4 Å². The van der Waals surface area contributed by atoms with Crippen molar-refractivity contribution in [3.63, 3.8) is 0 Å². The maximum absolute atomic E-state index is 2.71. The van der Waals surface area contributed by atoms with Crippen LogP contribution in [0.3, 0.4) is 0 Å². The molecule has 2 saturated heterocycles. The van der Waals surface area contributed by atoms with E-state index in [0.29, 0.717) is 0 Å². The van der Waals surface area contributed by atoms with E-state index in [9.17, 15) is 0 Å². The third kappa shape index (κ3) is 6.10. The smallest absolute Gasteiger partial charge is 0.0366 e. The van der Waals surface area contributed by atoms with Crippen molar-refractivity contribution in [1.82, 2.24) is 9.80 Å². The Balaban J connectivity index is 0.000000671. The molecule has 138 valence electrons. The molecule has 3 rings (SSSR count). The minimum Gasteiger partial charge on any atom is -0.371 e. The molecule has 24 heavy (non-hydrogen) atoms. The maximum Gasteiger partial charge on any atom is 0.0366 e. The van der Waals surface area contributed by atoms with E-state index in [-0.39, 0.29) is 0 Å². The molecule has 3 nitrogen and oxygen atoms in total. The topological polar surface area (TPSA) is 9.72 Å². The van der Waals surface area contributed by atoms with Gasteiger partial charge in [-0.3, -0.25) is 4.90 Å². The molecule has 1 aromatic rings. The quantitative estimate of drug-likeness (QED) is 0.800. The highest BCUT2D eigenvalue weighted by Crippen LogP contribution is 2.23. The normalized spacial score (nSPS) is 19.8. The van der Waals surface area contributed by atoms with Crippen molar-refractivity contribution in [3.05, 3.63) is 29.8 Å². The molecule has 2 aliphatic heterocycles. The zero-order valence-corrected chi connectivity index (χ0v) is 16.9. The number of nitrogens with zero attached hydrogens (tertiary/aromatic N) is 3. The van der Waals surface area contributed by atoms with Crippen LogP contribution in [0, 0.1) is 6.92 Å². The Morgan fingerprint density at radius 3 is 1.75 bits per heavy atom. The monoisotopic (exact) mass is 333 g/mol. The van der Waals surface area contributed by atoms with Crippen molar-refractivity contribution < 1.29 is 0 Å². The molecule has 0 amide bonds. The summed E-state index contributed by atoms with van der Waals surface area (Å²) in [6.07, 6.45) is 2.63. The molecule has 0 aliphatic carbocycles. The van der Waals surface area contributed by atoms with Crippen LogP contribution in [0.15, 0.2) is 24.3 Å². The molecular formula is C21H39N3. The van der Waals surface area contributed by atoms with E-state index in [4.69, 9.17) is 0 Å². The molecule has 3 heteroatoms. The fraction of sp³-hybridized carbons (Fsp3) is 0.714. The van der Waals surface area contributed by atoms with E-state index in [1.165, 1.54) is 63.4 Å². The highest BCUT2D eigenvalue weighted by Gasteiger charge is 2.26. The lowest BCUT2D eigenvalue weighted by Gasteiger charge is -2.42. The highest BCUT2D eigenvalue weighted by molar-refractivity contribution is 5.47. The molecule has 2 heterocycles. The molecule has 2 aliphatic rings. The third-order valence-electron chi connectivity index (χ3n) is 4.92. The Bertz CT molecular complexity index is 413. The van der Waals surface area contributed by atoms with Crippen LogP contribution in [0.5, 0.6) is 0 Å². The lowest BCUT2D eigenvalue weighted by atomic mass is 10.0. The summed E-state index contributed by atoms with van der Waals surface area (Å²) < 4.78 is 0. The van der Waals surface area contributed by atoms with Crippen molar-refractivity contribution in [2.45, 2.75) is 53.5 Å². The SMILES string of the molecule is CC.CC.Cc1ccc(N2CCC(N3CCN(C)CC3)CC2)cc1. The number of aryl methyl sites for hydroxylation is 1. The van der Waals surface area contributed by atoms with Gasteiger partial charge in [0.2, 0.25) is 0 Å². The summed E-state index contributed by atoms with van der Waals surface area (Å²) in [6, 6.07) is 9.80. The Morgan fingerprint density at radius 1 is 0.750 bits per heavy atom. The van der Waals surface area contributed by atoms with E-state index in [1.54, 1.807) is 0 Å². The van der Waals surface area contributed by atoms with Gasteiger partial charge in [0, 0.05) is 51.0 Å². The average Bonchev–Trinajstić information content (AvgIpc) is 2.66. The summed E-state index contributed by atoms with van der Waals surface area (Å²) >= 11 is 0. The summed E-state index contributed by atoms with van der Waals surface area (Å²) in [4.78, 5) is 7.70. The Hall–Kier alpha value is -1.06. The van der Waals surface area contributed by atoms with E-state index in [2.05, 4.69) is 52.9 Å². The van der Waals surface area contributed by atoms with Crippen LogP contribution in [0.4, 0.5) is 5.69 Å². The fourth-order valence-corrected chi connectivity index (χ4v) is 3.43. The number of piperidine rings is 1. The number of anilines is 1. The largest absolute Gasteiger partial charge is 0.371 e. The molecule has 1 aromatic carbocycles. The summed E-state index contributed by atoms with van der Waals surface area (Å²) in [7, 11) is 2.23. The van der Waals surface area contributed by atoms with E-state index in [0.717, 1.165) is 6.04 Å². The molecule has 0 atom stereocenters. The average molecular weight is 334 g/mol. The Morgan fingerprint density at radius 2 is 1.25 bits per heavy atom. The molecule has 0 N–H and O–H groups in total. The van der Waals surface area contributed by atoms with Crippen molar-refractivity contribution in [2.24, 2.45) is 0 Å². The first-order valence-electron chi connectivity index (χ1n) is 9.96. The predicted octanol–water partition coefficient (Wildman–Crippen LogP) is 4.26. The van der Waals surface area contributed by atoms with Crippen LogP contribution in [0.2, 0.25) is 0 Å². The van der Waals surface area contributed by atoms with Crippen molar-refractivity contribution in [1.29, 1.82) is 0 Å². The summed E-state index contributed by atoms with van der Waals surface area (Å²) in [6.45, 7) is 17.6. The van der Waals surface area contributed by atoms with Crippen molar-refractivity contribution >= 4 is 5.69 Å². The Labute approximate surface area is 150 Å².